The van der Waals surface area contributed by atoms with Crippen LogP contribution in [-0.4, -0.2) is 11.3 Å². The highest BCUT2D eigenvalue weighted by molar-refractivity contribution is 7.74. The molecule has 2 saturated carbocycles. The molecule has 4 aromatic carbocycles. The van der Waals surface area contributed by atoms with E-state index in [-0.39, 0.29) is 0 Å². The van der Waals surface area contributed by atoms with Crippen LogP contribution in [0, 0.1) is 13.8 Å². The Labute approximate surface area is 245 Å². The SMILES string of the molecule is Cc1cccc(P(c2ccccc2)C2CCCCC2)c1-c1c(C)cccc1P(c1ccccc1)C1CCCCC1. The number of hydrogen-bond donors (Lipinski definition) is 0. The molecule has 6 rings (SSSR count). The van der Waals surface area contributed by atoms with Crippen LogP contribution in [0.1, 0.15) is 75.3 Å². The van der Waals surface area contributed by atoms with Crippen LogP contribution < -0.4 is 21.2 Å². The lowest BCUT2D eigenvalue weighted by molar-refractivity contribution is 0.513. The Morgan fingerprint density at radius 3 is 1.18 bits per heavy atom. The van der Waals surface area contributed by atoms with Crippen LogP contribution in [0.15, 0.2) is 97.1 Å². The minimum Gasteiger partial charge on any atom is -0.0622 e. The predicted octanol–water partition coefficient (Wildman–Crippen LogP) is 9.50. The fourth-order valence-electron chi connectivity index (χ4n) is 7.31. The van der Waals surface area contributed by atoms with Crippen LogP contribution in [-0.2, 0) is 0 Å². The molecule has 0 nitrogen and oxygen atoms in total. The predicted molar refractivity (Wildman–Crippen MR) is 180 cm³/mol. The van der Waals surface area contributed by atoms with E-state index in [9.17, 15) is 0 Å². The lowest BCUT2D eigenvalue weighted by atomic mass is 9.96. The Kier molecular flexibility index (Phi) is 9.17. The molecule has 2 heteroatoms. The maximum absolute atomic E-state index is 2.51. The highest BCUT2D eigenvalue weighted by atomic mass is 31.1. The van der Waals surface area contributed by atoms with Crippen molar-refractivity contribution in [2.75, 3.05) is 0 Å². The second-order valence-corrected chi connectivity index (χ2v) is 16.9. The van der Waals surface area contributed by atoms with Crippen molar-refractivity contribution in [3.05, 3.63) is 108 Å². The van der Waals surface area contributed by atoms with Crippen molar-refractivity contribution in [1.82, 2.24) is 0 Å². The molecule has 0 spiro atoms. The minimum atomic E-state index is -0.435. The molecule has 40 heavy (non-hydrogen) atoms. The number of benzene rings is 4. The topological polar surface area (TPSA) is 0 Å². The summed E-state index contributed by atoms with van der Waals surface area (Å²) in [6, 6.07) is 37.6. The third-order valence-corrected chi connectivity index (χ3v) is 15.2. The first kappa shape index (κ1) is 27.9. The standard InChI is InChI=1S/C38H44P2/c1-29-17-15-27-35(39(31-19-7-3-8-20-31)32-21-9-4-10-22-32)37(29)38-30(2)18-16-28-36(38)40(33-23-11-5-12-24-33)34-25-13-6-14-26-34/h3,5,7-8,11-12,15-20,23-24,27-28,32,34H,4,6,9-10,13-14,21-22,25-26H2,1-2H3. The van der Waals surface area contributed by atoms with Gasteiger partial charge in [0.2, 0.25) is 0 Å². The van der Waals surface area contributed by atoms with Crippen molar-refractivity contribution < 1.29 is 0 Å². The highest BCUT2D eigenvalue weighted by Crippen LogP contribution is 2.52. The average Bonchev–Trinajstić information content (AvgIpc) is 3.01. The zero-order chi connectivity index (χ0) is 27.3. The molecule has 0 aliphatic heterocycles. The number of rotatable bonds is 7. The summed E-state index contributed by atoms with van der Waals surface area (Å²) in [7, 11) is -0.870. The highest BCUT2D eigenvalue weighted by Gasteiger charge is 2.33. The molecule has 0 saturated heterocycles. The van der Waals surface area contributed by atoms with Gasteiger partial charge in [-0.25, -0.2) is 0 Å². The van der Waals surface area contributed by atoms with Crippen molar-refractivity contribution in [3.63, 3.8) is 0 Å². The van der Waals surface area contributed by atoms with Gasteiger partial charge in [-0.1, -0.05) is 136 Å². The zero-order valence-electron chi connectivity index (χ0n) is 24.4. The molecule has 2 atom stereocenters. The van der Waals surface area contributed by atoms with Gasteiger partial charge in [0.05, 0.1) is 0 Å². The molecule has 4 aromatic rings. The second-order valence-electron chi connectivity index (χ2n) is 11.9. The van der Waals surface area contributed by atoms with E-state index in [4.69, 9.17) is 0 Å². The molecule has 2 fully saturated rings. The molecular weight excluding hydrogens is 518 g/mol. The van der Waals surface area contributed by atoms with Gasteiger partial charge in [-0.05, 0) is 110 Å². The molecule has 0 heterocycles. The van der Waals surface area contributed by atoms with Gasteiger partial charge in [0, 0.05) is 0 Å². The zero-order valence-corrected chi connectivity index (χ0v) is 26.1. The summed E-state index contributed by atoms with van der Waals surface area (Å²) in [5, 5.41) is 6.36. The smallest absolute Gasteiger partial charge is 0.00650 e. The second kappa shape index (κ2) is 13.1. The summed E-state index contributed by atoms with van der Waals surface area (Å²) < 4.78 is 0. The monoisotopic (exact) mass is 562 g/mol. The van der Waals surface area contributed by atoms with E-state index >= 15 is 0 Å². The summed E-state index contributed by atoms with van der Waals surface area (Å²) in [4.78, 5) is 0. The van der Waals surface area contributed by atoms with E-state index < -0.39 is 15.8 Å². The Balaban J connectivity index is 1.57. The summed E-state index contributed by atoms with van der Waals surface area (Å²) in [6.07, 6.45) is 13.8. The first-order chi connectivity index (χ1) is 19.7. The summed E-state index contributed by atoms with van der Waals surface area (Å²) >= 11 is 0. The van der Waals surface area contributed by atoms with Crippen molar-refractivity contribution in [2.24, 2.45) is 0 Å². The van der Waals surface area contributed by atoms with Crippen LogP contribution in [0.25, 0.3) is 11.1 Å². The molecule has 2 aliphatic carbocycles. The Morgan fingerprint density at radius 1 is 0.425 bits per heavy atom. The Morgan fingerprint density at radius 2 is 0.800 bits per heavy atom. The Hall–Kier alpha value is -2.26. The van der Waals surface area contributed by atoms with E-state index in [0.717, 1.165) is 11.3 Å². The van der Waals surface area contributed by atoms with E-state index in [1.807, 2.05) is 0 Å². The van der Waals surface area contributed by atoms with E-state index in [2.05, 4.69) is 111 Å². The van der Waals surface area contributed by atoms with Crippen molar-refractivity contribution in [1.29, 1.82) is 0 Å². The van der Waals surface area contributed by atoms with Crippen LogP contribution in [0.5, 0.6) is 0 Å². The molecule has 2 unspecified atom stereocenters. The van der Waals surface area contributed by atoms with Crippen molar-refractivity contribution in [2.45, 2.75) is 89.4 Å². The molecule has 0 bridgehead atoms. The first-order valence-electron chi connectivity index (χ1n) is 15.6. The van der Waals surface area contributed by atoms with Crippen LogP contribution >= 0.6 is 15.8 Å². The third-order valence-electron chi connectivity index (χ3n) is 9.22. The van der Waals surface area contributed by atoms with Crippen LogP contribution in [0.4, 0.5) is 0 Å². The fraction of sp³-hybridized carbons (Fsp3) is 0.368. The molecule has 2 aliphatic rings. The minimum absolute atomic E-state index is 0.435. The molecule has 206 valence electrons. The number of aryl methyl sites for hydroxylation is 2. The average molecular weight is 563 g/mol. The van der Waals surface area contributed by atoms with Gasteiger partial charge in [0.1, 0.15) is 0 Å². The van der Waals surface area contributed by atoms with Gasteiger partial charge in [-0.15, -0.1) is 0 Å². The van der Waals surface area contributed by atoms with Gasteiger partial charge in [-0.2, -0.15) is 0 Å². The van der Waals surface area contributed by atoms with Crippen molar-refractivity contribution >= 4 is 37.1 Å². The lowest BCUT2D eigenvalue weighted by Gasteiger charge is -2.36. The lowest BCUT2D eigenvalue weighted by Crippen LogP contribution is -2.28. The third kappa shape index (κ3) is 5.87. The normalized spacial score (nSPS) is 18.4. The van der Waals surface area contributed by atoms with E-state index in [1.165, 1.54) is 75.3 Å². The molecule has 0 radical (unpaired) electrons. The van der Waals surface area contributed by atoms with Gasteiger partial charge >= 0.3 is 0 Å². The maximum Gasteiger partial charge on any atom is -0.00650 e. The molecule has 0 N–H and O–H groups in total. The van der Waals surface area contributed by atoms with Crippen molar-refractivity contribution in [3.8, 4) is 11.1 Å². The molecular formula is C38H44P2. The van der Waals surface area contributed by atoms with Crippen LogP contribution in [0.3, 0.4) is 0 Å². The molecule has 0 aromatic heterocycles. The largest absolute Gasteiger partial charge is 0.0622 e. The number of hydrogen-bond acceptors (Lipinski definition) is 0. The quantitative estimate of drug-likeness (QED) is 0.197. The molecule has 0 amide bonds. The van der Waals surface area contributed by atoms with E-state index in [0.29, 0.717) is 0 Å². The summed E-state index contributed by atoms with van der Waals surface area (Å²) in [6.45, 7) is 4.75. The summed E-state index contributed by atoms with van der Waals surface area (Å²) in [5.74, 6) is 0. The van der Waals surface area contributed by atoms with Gasteiger partial charge in [-0.3, -0.25) is 0 Å². The maximum atomic E-state index is 2.51. The first-order valence-corrected chi connectivity index (χ1v) is 18.4. The van der Waals surface area contributed by atoms with Gasteiger partial charge in [0.25, 0.3) is 0 Å². The van der Waals surface area contributed by atoms with Crippen LogP contribution in [0.2, 0.25) is 0 Å². The van der Waals surface area contributed by atoms with Gasteiger partial charge in [0.15, 0.2) is 0 Å². The van der Waals surface area contributed by atoms with E-state index in [1.54, 1.807) is 32.3 Å². The summed E-state index contributed by atoms with van der Waals surface area (Å²) in [5.41, 5.74) is 7.53. The van der Waals surface area contributed by atoms with Gasteiger partial charge < -0.3 is 0 Å². The Bertz CT molecular complexity index is 1270. The fourth-order valence-corrected chi connectivity index (χ4v) is 13.8.